The molecule has 0 aliphatic rings. The van der Waals surface area contributed by atoms with Crippen LogP contribution in [0.15, 0.2) is 81.7 Å². The molecule has 0 saturated carbocycles. The van der Waals surface area contributed by atoms with E-state index in [0.29, 0.717) is 5.56 Å². The maximum Gasteiger partial charge on any atom is 0.150 e. The molecule has 3 aromatic carbocycles. The van der Waals surface area contributed by atoms with Crippen molar-refractivity contribution in [3.8, 4) is 0 Å². The zero-order chi connectivity index (χ0) is 16.2. The summed E-state index contributed by atoms with van der Waals surface area (Å²) in [6.07, 6.45) is 0.852. The molecule has 0 amide bonds. The molecule has 0 aliphatic carbocycles. The minimum Gasteiger partial charge on any atom is -0.308 e. The van der Waals surface area contributed by atoms with Crippen molar-refractivity contribution in [1.29, 1.82) is 0 Å². The Bertz CT molecular complexity index is 785. The molecule has 0 fully saturated rings. The molecule has 3 aromatic rings. The van der Waals surface area contributed by atoms with Gasteiger partial charge in [0.15, 0.2) is 0 Å². The van der Waals surface area contributed by atoms with Gasteiger partial charge in [0.1, 0.15) is 6.29 Å². The third-order valence-electron chi connectivity index (χ3n) is 3.47. The first-order valence-corrected chi connectivity index (χ1v) is 8.64. The highest BCUT2D eigenvalue weighted by molar-refractivity contribution is 9.11. The summed E-state index contributed by atoms with van der Waals surface area (Å²) < 4.78 is 1.99. The molecule has 0 heterocycles. The Labute approximate surface area is 152 Å². The predicted molar refractivity (Wildman–Crippen MR) is 102 cm³/mol. The molecule has 0 aromatic heterocycles. The van der Waals surface area contributed by atoms with Gasteiger partial charge in [-0.25, -0.2) is 0 Å². The summed E-state index contributed by atoms with van der Waals surface area (Å²) in [5.41, 5.74) is 3.69. The van der Waals surface area contributed by atoms with Gasteiger partial charge in [0, 0.05) is 20.2 Å². The minimum atomic E-state index is 0.660. The minimum absolute atomic E-state index is 0.660. The first-order valence-electron chi connectivity index (χ1n) is 7.05. The summed E-state index contributed by atoms with van der Waals surface area (Å²) in [6.45, 7) is 0. The van der Waals surface area contributed by atoms with Gasteiger partial charge < -0.3 is 4.90 Å². The maximum atomic E-state index is 10.9. The number of benzene rings is 3. The van der Waals surface area contributed by atoms with E-state index >= 15 is 0 Å². The number of anilines is 3. The van der Waals surface area contributed by atoms with Gasteiger partial charge in [-0.15, -0.1) is 0 Å². The largest absolute Gasteiger partial charge is 0.308 e. The van der Waals surface area contributed by atoms with Gasteiger partial charge in [-0.1, -0.05) is 24.3 Å². The molecular weight excluding hydrogens is 418 g/mol. The molecule has 0 aliphatic heterocycles. The zero-order valence-electron chi connectivity index (χ0n) is 12.1. The smallest absolute Gasteiger partial charge is 0.150 e. The summed E-state index contributed by atoms with van der Waals surface area (Å²) in [4.78, 5) is 13.0. The number of hydrogen-bond acceptors (Lipinski definition) is 2. The van der Waals surface area contributed by atoms with Crippen molar-refractivity contribution in [3.05, 3.63) is 87.3 Å². The molecule has 0 atom stereocenters. The molecule has 0 saturated heterocycles. The topological polar surface area (TPSA) is 20.3 Å². The van der Waals surface area contributed by atoms with Gasteiger partial charge in [0.2, 0.25) is 0 Å². The van der Waals surface area contributed by atoms with Crippen molar-refractivity contribution >= 4 is 55.2 Å². The highest BCUT2D eigenvalue weighted by Crippen LogP contribution is 2.41. The summed E-state index contributed by atoms with van der Waals surface area (Å²) in [5.74, 6) is 0. The van der Waals surface area contributed by atoms with Gasteiger partial charge in [0.05, 0.1) is 11.4 Å². The Morgan fingerprint density at radius 1 is 0.696 bits per heavy atom. The number of carbonyl (C=O) groups excluding carboxylic acids is 1. The molecule has 2 nitrogen and oxygen atoms in total. The van der Waals surface area contributed by atoms with Crippen molar-refractivity contribution in [3.63, 3.8) is 0 Å². The molecule has 0 unspecified atom stereocenters. The summed E-state index contributed by atoms with van der Waals surface area (Å²) in [5, 5.41) is 0. The number of nitrogens with zero attached hydrogens (tertiary/aromatic N) is 1. The second kappa shape index (κ2) is 7.11. The quantitative estimate of drug-likeness (QED) is 0.440. The van der Waals surface area contributed by atoms with E-state index in [4.69, 9.17) is 0 Å². The zero-order valence-corrected chi connectivity index (χ0v) is 15.3. The summed E-state index contributed by atoms with van der Waals surface area (Å²) in [6, 6.07) is 23.7. The first-order chi connectivity index (χ1) is 11.2. The van der Waals surface area contributed by atoms with Crippen LogP contribution in [0.1, 0.15) is 10.4 Å². The lowest BCUT2D eigenvalue weighted by Crippen LogP contribution is -2.11. The molecular formula is C19H13Br2NO. The average molecular weight is 431 g/mol. The normalized spacial score (nSPS) is 10.3. The lowest BCUT2D eigenvalue weighted by Gasteiger charge is -2.27. The standard InChI is InChI=1S/C19H13Br2NO/c20-16-5-1-3-7-18(16)22(19-8-4-2-6-17(19)21)15-11-9-14(13-23)10-12-15/h1-13H. The molecule has 0 bridgehead atoms. The van der Waals surface area contributed by atoms with Gasteiger partial charge >= 0.3 is 0 Å². The predicted octanol–water partition coefficient (Wildman–Crippen LogP) is 6.49. The highest BCUT2D eigenvalue weighted by atomic mass is 79.9. The monoisotopic (exact) mass is 429 g/mol. The lowest BCUT2D eigenvalue weighted by atomic mass is 10.1. The van der Waals surface area contributed by atoms with E-state index in [1.807, 2.05) is 60.7 Å². The summed E-state index contributed by atoms with van der Waals surface area (Å²) in [7, 11) is 0. The Kier molecular flexibility index (Phi) is 4.94. The Morgan fingerprint density at radius 2 is 1.17 bits per heavy atom. The van der Waals surface area contributed by atoms with Crippen molar-refractivity contribution in [2.24, 2.45) is 0 Å². The number of hydrogen-bond donors (Lipinski definition) is 0. The van der Waals surface area contributed by atoms with E-state index in [-0.39, 0.29) is 0 Å². The van der Waals surface area contributed by atoms with Crippen LogP contribution in [0.5, 0.6) is 0 Å². The van der Waals surface area contributed by atoms with E-state index in [0.717, 1.165) is 32.3 Å². The maximum absolute atomic E-state index is 10.9. The Morgan fingerprint density at radius 3 is 1.61 bits per heavy atom. The van der Waals surface area contributed by atoms with Gasteiger partial charge in [-0.3, -0.25) is 4.79 Å². The number of aldehydes is 1. The van der Waals surface area contributed by atoms with Gasteiger partial charge in [-0.2, -0.15) is 0 Å². The molecule has 0 radical (unpaired) electrons. The molecule has 23 heavy (non-hydrogen) atoms. The Balaban J connectivity index is 2.19. The van der Waals surface area contributed by atoms with E-state index in [1.54, 1.807) is 0 Å². The number of rotatable bonds is 4. The SMILES string of the molecule is O=Cc1ccc(N(c2ccccc2Br)c2ccccc2Br)cc1. The highest BCUT2D eigenvalue weighted by Gasteiger charge is 2.16. The van der Waals surface area contributed by atoms with Crippen molar-refractivity contribution in [2.75, 3.05) is 4.90 Å². The van der Waals surface area contributed by atoms with Crippen LogP contribution in [0.25, 0.3) is 0 Å². The number of para-hydroxylation sites is 2. The van der Waals surface area contributed by atoms with Crippen LogP contribution in [0, 0.1) is 0 Å². The van der Waals surface area contributed by atoms with E-state index in [2.05, 4.69) is 48.9 Å². The molecule has 114 valence electrons. The van der Waals surface area contributed by atoms with Crippen LogP contribution in [0.2, 0.25) is 0 Å². The fourth-order valence-electron chi connectivity index (χ4n) is 2.38. The van der Waals surface area contributed by atoms with E-state index in [9.17, 15) is 4.79 Å². The van der Waals surface area contributed by atoms with Crippen LogP contribution in [-0.2, 0) is 0 Å². The van der Waals surface area contributed by atoms with Crippen molar-refractivity contribution in [1.82, 2.24) is 0 Å². The number of halogens is 2. The molecule has 3 rings (SSSR count). The van der Waals surface area contributed by atoms with E-state index in [1.165, 1.54) is 0 Å². The molecule has 0 N–H and O–H groups in total. The molecule has 4 heteroatoms. The lowest BCUT2D eigenvalue weighted by molar-refractivity contribution is 0.112. The van der Waals surface area contributed by atoms with Gasteiger partial charge in [0.25, 0.3) is 0 Å². The van der Waals surface area contributed by atoms with Crippen LogP contribution in [0.3, 0.4) is 0 Å². The van der Waals surface area contributed by atoms with Crippen LogP contribution < -0.4 is 4.90 Å². The van der Waals surface area contributed by atoms with Crippen molar-refractivity contribution < 1.29 is 4.79 Å². The van der Waals surface area contributed by atoms with Crippen LogP contribution in [0.4, 0.5) is 17.1 Å². The second-order valence-corrected chi connectivity index (χ2v) is 6.66. The fraction of sp³-hybridized carbons (Fsp3) is 0. The van der Waals surface area contributed by atoms with Gasteiger partial charge in [-0.05, 0) is 80.4 Å². The first kappa shape index (κ1) is 16.0. The number of carbonyl (C=O) groups is 1. The van der Waals surface area contributed by atoms with Crippen LogP contribution >= 0.6 is 31.9 Å². The molecule has 0 spiro atoms. The third kappa shape index (κ3) is 3.38. The van der Waals surface area contributed by atoms with Crippen molar-refractivity contribution in [2.45, 2.75) is 0 Å². The fourth-order valence-corrected chi connectivity index (χ4v) is 3.30. The average Bonchev–Trinajstić information content (AvgIpc) is 2.59. The Hall–Kier alpha value is -1.91. The second-order valence-electron chi connectivity index (χ2n) is 4.95. The third-order valence-corrected chi connectivity index (χ3v) is 4.82. The van der Waals surface area contributed by atoms with Crippen LogP contribution in [-0.4, -0.2) is 6.29 Å². The summed E-state index contributed by atoms with van der Waals surface area (Å²) >= 11 is 7.26. The van der Waals surface area contributed by atoms with E-state index < -0.39 is 0 Å².